The Labute approximate surface area is 329 Å². The van der Waals surface area contributed by atoms with E-state index in [1.807, 2.05) is 24.8 Å². The maximum absolute atomic E-state index is 16.1. The van der Waals surface area contributed by atoms with Gasteiger partial charge in [0.05, 0.1) is 73.8 Å². The van der Waals surface area contributed by atoms with Gasteiger partial charge in [-0.2, -0.15) is 0 Å². The van der Waals surface area contributed by atoms with Crippen LogP contribution in [0.5, 0.6) is 0 Å². The van der Waals surface area contributed by atoms with Crippen LogP contribution in [0.25, 0.3) is 0 Å². The normalized spacial score (nSPS) is 19.5. The molecule has 4 heterocycles. The molecule has 0 amide bonds. The van der Waals surface area contributed by atoms with Crippen molar-refractivity contribution in [3.05, 3.63) is 168 Å². The van der Waals surface area contributed by atoms with Crippen molar-refractivity contribution in [2.75, 3.05) is 22.9 Å². The lowest BCUT2D eigenvalue weighted by Crippen LogP contribution is -2.60. The number of aliphatic hydroxyl groups is 2. The van der Waals surface area contributed by atoms with Gasteiger partial charge in [-0.05, 0) is 47.2 Å². The number of aromatic nitrogens is 4. The zero-order valence-corrected chi connectivity index (χ0v) is 32.7. The molecule has 9 nitrogen and oxygen atoms in total. The number of Topliss-reactive ketones (excluding diaryl/α,β-unsaturated/α-hetero) is 1. The van der Waals surface area contributed by atoms with E-state index >= 15 is 4.79 Å². The molecular formula is C47H52N6O3. The van der Waals surface area contributed by atoms with Crippen molar-refractivity contribution < 1.29 is 15.0 Å². The number of imidazole rings is 2. The van der Waals surface area contributed by atoms with Crippen LogP contribution in [0, 0.1) is 10.8 Å². The molecule has 9 heteroatoms. The molecule has 6 aromatic rings. The molecule has 288 valence electrons. The van der Waals surface area contributed by atoms with E-state index in [0.717, 1.165) is 45.0 Å². The minimum absolute atomic E-state index is 0.0918. The average molecular weight is 749 g/mol. The molecule has 0 saturated heterocycles. The Bertz CT molecular complexity index is 2120. The predicted molar refractivity (Wildman–Crippen MR) is 221 cm³/mol. The molecule has 0 bridgehead atoms. The number of benzene rings is 4. The van der Waals surface area contributed by atoms with E-state index in [2.05, 4.69) is 154 Å². The van der Waals surface area contributed by atoms with Gasteiger partial charge in [-0.25, -0.2) is 9.97 Å². The number of hydrogen-bond donors (Lipinski definition) is 2. The van der Waals surface area contributed by atoms with Crippen LogP contribution >= 0.6 is 0 Å². The first kappa shape index (κ1) is 37.4. The molecule has 2 aliphatic rings. The van der Waals surface area contributed by atoms with Crippen molar-refractivity contribution in [1.82, 2.24) is 19.1 Å². The van der Waals surface area contributed by atoms with Gasteiger partial charge in [0.1, 0.15) is 0 Å². The van der Waals surface area contributed by atoms with E-state index in [1.165, 1.54) is 0 Å². The second-order valence-electron chi connectivity index (χ2n) is 16.9. The highest BCUT2D eigenvalue weighted by Crippen LogP contribution is 2.50. The number of fused-ring (bicyclic) bond motifs is 2. The number of ketones is 1. The summed E-state index contributed by atoms with van der Waals surface area (Å²) in [6, 6.07) is 36.5. The number of anilines is 2. The van der Waals surface area contributed by atoms with Gasteiger partial charge in [-0.1, -0.05) is 125 Å². The first-order valence-corrected chi connectivity index (χ1v) is 19.7. The minimum atomic E-state index is -0.491. The minimum Gasteiger partial charge on any atom is -0.390 e. The molecule has 8 rings (SSSR count). The molecular weight excluding hydrogens is 697 g/mol. The Morgan fingerprint density at radius 3 is 1.38 bits per heavy atom. The van der Waals surface area contributed by atoms with Gasteiger partial charge >= 0.3 is 0 Å². The molecule has 0 fully saturated rings. The van der Waals surface area contributed by atoms with Crippen LogP contribution in [0.1, 0.15) is 73.4 Å². The molecule has 4 atom stereocenters. The third kappa shape index (κ3) is 6.84. The van der Waals surface area contributed by atoms with Gasteiger partial charge in [0.15, 0.2) is 5.78 Å². The lowest BCUT2D eigenvalue weighted by Gasteiger charge is -2.52. The Morgan fingerprint density at radius 1 is 0.607 bits per heavy atom. The summed E-state index contributed by atoms with van der Waals surface area (Å²) >= 11 is 0. The van der Waals surface area contributed by atoms with Crippen LogP contribution in [0.15, 0.2) is 134 Å². The highest BCUT2D eigenvalue weighted by atomic mass is 16.3. The molecule has 0 radical (unpaired) electrons. The van der Waals surface area contributed by atoms with E-state index in [9.17, 15) is 10.2 Å². The van der Waals surface area contributed by atoms with Gasteiger partial charge in [-0.15, -0.1) is 0 Å². The van der Waals surface area contributed by atoms with E-state index in [1.54, 1.807) is 12.4 Å². The van der Waals surface area contributed by atoms with Crippen molar-refractivity contribution in [1.29, 1.82) is 0 Å². The number of carbonyl (C=O) groups is 1. The fraction of sp³-hybridized carbons (Fsp3) is 0.340. The molecule has 0 aliphatic carbocycles. The molecule has 56 heavy (non-hydrogen) atoms. The van der Waals surface area contributed by atoms with Crippen LogP contribution < -0.4 is 9.80 Å². The predicted octanol–water partition coefficient (Wildman–Crippen LogP) is 7.43. The zero-order valence-electron chi connectivity index (χ0n) is 32.7. The van der Waals surface area contributed by atoms with Crippen molar-refractivity contribution in [3.8, 4) is 0 Å². The summed E-state index contributed by atoms with van der Waals surface area (Å²) < 4.78 is 4.21. The fourth-order valence-corrected chi connectivity index (χ4v) is 9.63. The van der Waals surface area contributed by atoms with Gasteiger partial charge in [0, 0.05) is 35.3 Å². The second kappa shape index (κ2) is 15.2. The molecule has 2 aromatic heterocycles. The van der Waals surface area contributed by atoms with Crippen LogP contribution in [-0.4, -0.2) is 60.3 Å². The van der Waals surface area contributed by atoms with Crippen LogP contribution in [0.4, 0.5) is 11.4 Å². The largest absolute Gasteiger partial charge is 0.390 e. The topological polar surface area (TPSA) is 99.7 Å². The van der Waals surface area contributed by atoms with Crippen molar-refractivity contribution >= 4 is 17.2 Å². The fourth-order valence-electron chi connectivity index (χ4n) is 9.63. The maximum atomic E-state index is 16.1. The van der Waals surface area contributed by atoms with Crippen LogP contribution in [0.2, 0.25) is 0 Å². The van der Waals surface area contributed by atoms with E-state index < -0.39 is 12.1 Å². The number of hydrogen-bond acceptors (Lipinski definition) is 7. The highest BCUT2D eigenvalue weighted by Gasteiger charge is 2.48. The summed E-state index contributed by atoms with van der Waals surface area (Å²) in [5.74, 6) is 0.170. The quantitative estimate of drug-likeness (QED) is 0.134. The SMILES string of the molecule is CC1(C)CN(C(Cc2ccccc2)C(=O)C(Cc2ccccc2)N2CC(C)(C)C(n3cncc3CO)c3ccccc32)c2ccccc2C1n1cncc1CO. The van der Waals surface area contributed by atoms with Crippen molar-refractivity contribution in [3.63, 3.8) is 0 Å². The smallest absolute Gasteiger partial charge is 0.178 e. The van der Waals surface area contributed by atoms with E-state index in [4.69, 9.17) is 0 Å². The number of nitrogens with zero attached hydrogens (tertiary/aromatic N) is 6. The first-order chi connectivity index (χ1) is 27.1. The van der Waals surface area contributed by atoms with Gasteiger partial charge < -0.3 is 29.1 Å². The van der Waals surface area contributed by atoms with Gasteiger partial charge in [0.25, 0.3) is 0 Å². The molecule has 4 unspecified atom stereocenters. The summed E-state index contributed by atoms with van der Waals surface area (Å²) in [5, 5.41) is 20.6. The highest BCUT2D eigenvalue weighted by molar-refractivity contribution is 5.95. The summed E-state index contributed by atoms with van der Waals surface area (Å²) in [6.45, 7) is 10.1. The first-order valence-electron chi connectivity index (χ1n) is 19.7. The van der Waals surface area contributed by atoms with Gasteiger partial charge in [0.2, 0.25) is 0 Å². The third-order valence-electron chi connectivity index (χ3n) is 12.0. The van der Waals surface area contributed by atoms with E-state index in [-0.39, 0.29) is 41.9 Å². The zero-order chi connectivity index (χ0) is 39.0. The standard InChI is InChI=1S/C47H52N6O3/c1-46(2)29-50(39-21-13-11-19-37(39)44(46)52-31-48-25-35(52)27-54)41(23-33-15-7-5-8-16-33)43(56)42(24-34-17-9-6-10-18-34)51-30-47(3,4)45(38-20-12-14-22-40(38)51)53-32-49-26-36(53)28-55/h5-22,25-26,31-32,41-42,44-45,54-55H,23-24,27-30H2,1-4H3. The summed E-state index contributed by atoms with van der Waals surface area (Å²) in [6.07, 6.45) is 8.21. The summed E-state index contributed by atoms with van der Waals surface area (Å²) in [5.41, 5.74) is 7.32. The summed E-state index contributed by atoms with van der Waals surface area (Å²) in [7, 11) is 0. The van der Waals surface area contributed by atoms with Crippen molar-refractivity contribution in [2.24, 2.45) is 10.8 Å². The lowest BCUT2D eigenvalue weighted by molar-refractivity contribution is -0.122. The third-order valence-corrected chi connectivity index (χ3v) is 12.0. The van der Waals surface area contributed by atoms with Crippen LogP contribution in [-0.2, 0) is 30.8 Å². The average Bonchev–Trinajstić information content (AvgIpc) is 3.88. The second-order valence-corrected chi connectivity index (χ2v) is 16.9. The molecule has 0 spiro atoms. The Kier molecular flexibility index (Phi) is 10.2. The number of carbonyl (C=O) groups excluding carboxylic acids is 1. The number of aliphatic hydroxyl groups excluding tert-OH is 2. The molecule has 2 aliphatic heterocycles. The number of para-hydroxylation sites is 2. The lowest BCUT2D eigenvalue weighted by atomic mass is 9.73. The van der Waals surface area contributed by atoms with Gasteiger partial charge in [-0.3, -0.25) is 4.79 Å². The van der Waals surface area contributed by atoms with Crippen molar-refractivity contribution in [2.45, 2.75) is 77.9 Å². The Morgan fingerprint density at radius 2 is 0.982 bits per heavy atom. The number of rotatable bonds is 12. The molecule has 0 saturated carbocycles. The summed E-state index contributed by atoms with van der Waals surface area (Å²) in [4.78, 5) is 29.7. The molecule has 2 N–H and O–H groups in total. The maximum Gasteiger partial charge on any atom is 0.178 e. The Hall–Kier alpha value is -5.51. The molecule has 4 aromatic carbocycles. The van der Waals surface area contributed by atoms with E-state index in [0.29, 0.717) is 25.9 Å². The Balaban J connectivity index is 1.28. The monoisotopic (exact) mass is 748 g/mol. The van der Waals surface area contributed by atoms with Crippen LogP contribution in [0.3, 0.4) is 0 Å².